The van der Waals surface area contributed by atoms with E-state index in [1.807, 2.05) is 0 Å². The van der Waals surface area contributed by atoms with Crippen LogP contribution in [0.2, 0.25) is 0 Å². The van der Waals surface area contributed by atoms with Crippen molar-refractivity contribution < 1.29 is 18.0 Å². The third-order valence-electron chi connectivity index (χ3n) is 4.21. The zero-order valence-electron chi connectivity index (χ0n) is 14.2. The largest absolute Gasteiger partial charge is 0.322 e. The van der Waals surface area contributed by atoms with Crippen molar-refractivity contribution in [1.82, 2.24) is 4.72 Å². The van der Waals surface area contributed by atoms with Crippen molar-refractivity contribution in [3.05, 3.63) is 54.1 Å². The monoisotopic (exact) mass is 373 g/mol. The number of hydrogen-bond acceptors (Lipinski definition) is 4. The lowest BCUT2D eigenvalue weighted by Crippen LogP contribution is -2.23. The Labute approximate surface area is 152 Å². The Morgan fingerprint density at radius 1 is 1.04 bits per heavy atom. The molecule has 0 saturated carbocycles. The van der Waals surface area contributed by atoms with Gasteiger partial charge in [-0.3, -0.25) is 9.59 Å². The van der Waals surface area contributed by atoms with Crippen LogP contribution < -0.4 is 14.9 Å². The molecule has 136 valence electrons. The quantitative estimate of drug-likeness (QED) is 0.838. The summed E-state index contributed by atoms with van der Waals surface area (Å²) in [5.41, 5.74) is 1.72. The van der Waals surface area contributed by atoms with E-state index in [-0.39, 0.29) is 16.7 Å². The van der Waals surface area contributed by atoms with Crippen molar-refractivity contribution in [2.24, 2.45) is 0 Å². The van der Waals surface area contributed by atoms with Gasteiger partial charge < -0.3 is 10.2 Å². The summed E-state index contributed by atoms with van der Waals surface area (Å²) in [5, 5.41) is 2.72. The molecular weight excluding hydrogens is 354 g/mol. The van der Waals surface area contributed by atoms with Gasteiger partial charge >= 0.3 is 0 Å². The van der Waals surface area contributed by atoms with E-state index in [2.05, 4.69) is 10.0 Å². The number of amides is 2. The molecule has 3 rings (SSSR count). The van der Waals surface area contributed by atoms with Crippen LogP contribution >= 0.6 is 0 Å². The van der Waals surface area contributed by atoms with Gasteiger partial charge in [0, 0.05) is 29.9 Å². The van der Waals surface area contributed by atoms with Crippen molar-refractivity contribution >= 4 is 33.2 Å². The first-order valence-corrected chi connectivity index (χ1v) is 9.64. The number of nitrogens with one attached hydrogen (secondary N) is 2. The molecule has 1 aliphatic heterocycles. The molecule has 1 saturated heterocycles. The van der Waals surface area contributed by atoms with Crippen LogP contribution in [0.25, 0.3) is 0 Å². The summed E-state index contributed by atoms with van der Waals surface area (Å²) in [4.78, 5) is 25.9. The van der Waals surface area contributed by atoms with E-state index in [9.17, 15) is 18.0 Å². The minimum atomic E-state index is -3.51. The number of rotatable bonds is 5. The van der Waals surface area contributed by atoms with Crippen molar-refractivity contribution in [2.75, 3.05) is 23.8 Å². The highest BCUT2D eigenvalue weighted by molar-refractivity contribution is 7.89. The molecule has 0 radical (unpaired) electrons. The fraction of sp³-hybridized carbons (Fsp3) is 0.222. The molecule has 0 bridgehead atoms. The average Bonchev–Trinajstić information content (AvgIpc) is 3.08. The summed E-state index contributed by atoms with van der Waals surface area (Å²) < 4.78 is 25.6. The second-order valence-corrected chi connectivity index (χ2v) is 7.77. The van der Waals surface area contributed by atoms with Gasteiger partial charge in [0.1, 0.15) is 0 Å². The first kappa shape index (κ1) is 18.1. The number of benzene rings is 2. The van der Waals surface area contributed by atoms with Gasteiger partial charge in [0.25, 0.3) is 5.91 Å². The van der Waals surface area contributed by atoms with Gasteiger partial charge in [-0.2, -0.15) is 0 Å². The summed E-state index contributed by atoms with van der Waals surface area (Å²) in [7, 11) is -2.17. The number of anilines is 2. The van der Waals surface area contributed by atoms with Crippen LogP contribution in [0, 0.1) is 0 Å². The van der Waals surface area contributed by atoms with Gasteiger partial charge in [0.15, 0.2) is 0 Å². The normalized spacial score (nSPS) is 14.5. The highest BCUT2D eigenvalue weighted by Gasteiger charge is 2.21. The smallest absolute Gasteiger partial charge is 0.255 e. The maximum atomic E-state index is 12.3. The maximum absolute atomic E-state index is 12.3. The van der Waals surface area contributed by atoms with Crippen molar-refractivity contribution in [1.29, 1.82) is 0 Å². The molecule has 0 spiro atoms. The molecule has 26 heavy (non-hydrogen) atoms. The Hall–Kier alpha value is -2.71. The number of carbonyl (C=O) groups is 2. The van der Waals surface area contributed by atoms with E-state index in [1.165, 1.54) is 31.3 Å². The molecule has 7 nitrogen and oxygen atoms in total. The van der Waals surface area contributed by atoms with E-state index < -0.39 is 10.0 Å². The summed E-state index contributed by atoms with van der Waals surface area (Å²) in [6.45, 7) is 0.701. The van der Waals surface area contributed by atoms with Crippen LogP contribution in [0.15, 0.2) is 53.4 Å². The van der Waals surface area contributed by atoms with Crippen molar-refractivity contribution in [3.63, 3.8) is 0 Å². The standard InChI is InChI=1S/C18H19N3O4S/c1-19-26(24,25)16-10-6-14(7-11-16)20-18(23)13-4-8-15(9-5-13)21-12-2-3-17(21)22/h4-11,19H,2-3,12H2,1H3,(H,20,23). The van der Waals surface area contributed by atoms with E-state index in [0.29, 0.717) is 24.2 Å². The van der Waals surface area contributed by atoms with E-state index in [1.54, 1.807) is 29.2 Å². The van der Waals surface area contributed by atoms with Gasteiger partial charge in [-0.1, -0.05) is 0 Å². The van der Waals surface area contributed by atoms with Crippen LogP contribution in [0.1, 0.15) is 23.2 Å². The van der Waals surface area contributed by atoms with Crippen LogP contribution in [-0.2, 0) is 14.8 Å². The van der Waals surface area contributed by atoms with Gasteiger partial charge in [-0.25, -0.2) is 13.1 Å². The molecule has 2 aromatic carbocycles. The molecule has 0 aromatic heterocycles. The lowest BCUT2D eigenvalue weighted by atomic mass is 10.1. The average molecular weight is 373 g/mol. The Balaban J connectivity index is 1.69. The summed E-state index contributed by atoms with van der Waals surface area (Å²) in [6.07, 6.45) is 1.40. The topological polar surface area (TPSA) is 95.6 Å². The lowest BCUT2D eigenvalue weighted by Gasteiger charge is -2.15. The van der Waals surface area contributed by atoms with E-state index in [4.69, 9.17) is 0 Å². The molecule has 8 heteroatoms. The maximum Gasteiger partial charge on any atom is 0.255 e. The molecule has 0 aliphatic carbocycles. The second-order valence-electron chi connectivity index (χ2n) is 5.88. The number of sulfonamides is 1. The van der Waals surface area contributed by atoms with Gasteiger partial charge in [0.05, 0.1) is 4.90 Å². The molecule has 1 aliphatic rings. The van der Waals surface area contributed by atoms with Gasteiger partial charge in [0.2, 0.25) is 15.9 Å². The molecule has 1 fully saturated rings. The first-order chi connectivity index (χ1) is 12.4. The Morgan fingerprint density at radius 2 is 1.69 bits per heavy atom. The van der Waals surface area contributed by atoms with Gasteiger partial charge in [-0.05, 0) is 62.0 Å². The summed E-state index contributed by atoms with van der Waals surface area (Å²) in [6, 6.07) is 12.7. The molecular formula is C18H19N3O4S. The highest BCUT2D eigenvalue weighted by Crippen LogP contribution is 2.22. The number of carbonyl (C=O) groups excluding carboxylic acids is 2. The lowest BCUT2D eigenvalue weighted by molar-refractivity contribution is -0.117. The molecule has 2 N–H and O–H groups in total. The Morgan fingerprint density at radius 3 is 2.23 bits per heavy atom. The molecule has 1 heterocycles. The SMILES string of the molecule is CNS(=O)(=O)c1ccc(NC(=O)c2ccc(N3CCCC3=O)cc2)cc1. The van der Waals surface area contributed by atoms with Crippen LogP contribution in [0.4, 0.5) is 11.4 Å². The fourth-order valence-electron chi connectivity index (χ4n) is 2.75. The molecule has 0 atom stereocenters. The van der Waals surface area contributed by atoms with E-state index in [0.717, 1.165) is 12.1 Å². The third-order valence-corrected chi connectivity index (χ3v) is 5.64. The molecule has 2 amide bonds. The zero-order chi connectivity index (χ0) is 18.7. The Kier molecular flexibility index (Phi) is 5.06. The van der Waals surface area contributed by atoms with Gasteiger partial charge in [-0.15, -0.1) is 0 Å². The number of hydrogen-bond donors (Lipinski definition) is 2. The number of nitrogens with zero attached hydrogens (tertiary/aromatic N) is 1. The predicted octanol–water partition coefficient (Wildman–Crippen LogP) is 1.97. The second kappa shape index (κ2) is 7.27. The van der Waals surface area contributed by atoms with Crippen LogP contribution in [0.3, 0.4) is 0 Å². The van der Waals surface area contributed by atoms with E-state index >= 15 is 0 Å². The first-order valence-electron chi connectivity index (χ1n) is 8.16. The van der Waals surface area contributed by atoms with Crippen LogP contribution in [0.5, 0.6) is 0 Å². The van der Waals surface area contributed by atoms with Crippen LogP contribution in [-0.4, -0.2) is 33.8 Å². The highest BCUT2D eigenvalue weighted by atomic mass is 32.2. The minimum absolute atomic E-state index is 0.0961. The third kappa shape index (κ3) is 3.76. The summed E-state index contributed by atoms with van der Waals surface area (Å²) in [5.74, 6) is -0.215. The van der Waals surface area contributed by atoms with Crippen molar-refractivity contribution in [3.8, 4) is 0 Å². The predicted molar refractivity (Wildman–Crippen MR) is 98.7 cm³/mol. The summed E-state index contributed by atoms with van der Waals surface area (Å²) >= 11 is 0. The Bertz CT molecular complexity index is 922. The minimum Gasteiger partial charge on any atom is -0.322 e. The zero-order valence-corrected chi connectivity index (χ0v) is 15.0. The van der Waals surface area contributed by atoms with Crippen molar-refractivity contribution in [2.45, 2.75) is 17.7 Å². The fourth-order valence-corrected chi connectivity index (χ4v) is 3.48. The molecule has 2 aromatic rings. The molecule has 0 unspecified atom stereocenters.